The van der Waals surface area contributed by atoms with Crippen LogP contribution in [-0.2, 0) is 9.59 Å². The molecule has 0 aliphatic rings. The second-order valence-corrected chi connectivity index (χ2v) is 3.17. The number of pyridine rings is 1. The number of nitrogens with one attached hydrogen (secondary N) is 2. The average Bonchev–Trinajstić information content (AvgIpc) is 2.25. The van der Waals surface area contributed by atoms with E-state index in [1.54, 1.807) is 18.3 Å². The van der Waals surface area contributed by atoms with Gasteiger partial charge in [-0.25, -0.2) is 4.98 Å². The highest BCUT2D eigenvalue weighted by Crippen LogP contribution is 2.04. The molecule has 0 atom stereocenters. The molecule has 1 rings (SSSR count). The first-order valence-corrected chi connectivity index (χ1v) is 4.76. The van der Waals surface area contributed by atoms with E-state index >= 15 is 0 Å². The molecule has 0 aliphatic heterocycles. The predicted molar refractivity (Wildman–Crippen MR) is 60.8 cm³/mol. The summed E-state index contributed by atoms with van der Waals surface area (Å²) in [6.45, 7) is 5.56. The molecule has 2 N–H and O–H groups in total. The molecule has 5 nitrogen and oxygen atoms in total. The second-order valence-electron chi connectivity index (χ2n) is 3.17. The molecule has 2 amide bonds. The van der Waals surface area contributed by atoms with Gasteiger partial charge in [0, 0.05) is 12.7 Å². The van der Waals surface area contributed by atoms with Gasteiger partial charge in [0.15, 0.2) is 0 Å². The first kappa shape index (κ1) is 11.9. The van der Waals surface area contributed by atoms with E-state index in [0.717, 1.165) is 5.56 Å². The third-order valence-corrected chi connectivity index (χ3v) is 1.77. The first-order chi connectivity index (χ1) is 7.63. The number of carbonyl (C=O) groups excluding carboxylic acids is 2. The topological polar surface area (TPSA) is 71.1 Å². The zero-order chi connectivity index (χ0) is 12.0. The van der Waals surface area contributed by atoms with E-state index in [1.807, 2.05) is 6.92 Å². The lowest BCUT2D eigenvalue weighted by atomic mass is 10.3. The molecule has 5 heteroatoms. The number of aryl methyl sites for hydroxylation is 1. The molecular formula is C11H13N3O2. The highest BCUT2D eigenvalue weighted by atomic mass is 16.2. The molecule has 1 heterocycles. The Morgan fingerprint density at radius 2 is 2.25 bits per heavy atom. The van der Waals surface area contributed by atoms with E-state index < -0.39 is 11.8 Å². The van der Waals surface area contributed by atoms with Crippen LogP contribution in [0.3, 0.4) is 0 Å². The fraction of sp³-hybridized carbons (Fsp3) is 0.182. The van der Waals surface area contributed by atoms with Gasteiger partial charge in [-0.15, -0.1) is 6.58 Å². The fourth-order valence-corrected chi connectivity index (χ4v) is 1.02. The summed E-state index contributed by atoms with van der Waals surface area (Å²) < 4.78 is 0. The van der Waals surface area contributed by atoms with Crippen LogP contribution in [0.5, 0.6) is 0 Å². The van der Waals surface area contributed by atoms with Crippen LogP contribution in [-0.4, -0.2) is 23.3 Å². The Morgan fingerprint density at radius 3 is 2.88 bits per heavy atom. The van der Waals surface area contributed by atoms with E-state index in [-0.39, 0.29) is 6.54 Å². The van der Waals surface area contributed by atoms with Gasteiger partial charge in [-0.3, -0.25) is 9.59 Å². The van der Waals surface area contributed by atoms with Crippen LogP contribution < -0.4 is 10.6 Å². The van der Waals surface area contributed by atoms with Crippen LogP contribution in [0.4, 0.5) is 5.82 Å². The molecule has 0 bridgehead atoms. The molecule has 0 aromatic carbocycles. The Labute approximate surface area is 93.6 Å². The molecule has 0 aliphatic carbocycles. The number of carbonyl (C=O) groups is 2. The van der Waals surface area contributed by atoms with Crippen molar-refractivity contribution < 1.29 is 9.59 Å². The van der Waals surface area contributed by atoms with E-state index in [9.17, 15) is 9.59 Å². The standard InChI is InChI=1S/C11H13N3O2/c1-3-5-13-10(15)11(16)14-9-7-8(2)4-6-12-9/h3-4,6-7H,1,5H2,2H3,(H,13,15)(H,12,14,16). The summed E-state index contributed by atoms with van der Waals surface area (Å²) in [5.41, 5.74) is 0.955. The van der Waals surface area contributed by atoms with Crippen molar-refractivity contribution in [3.8, 4) is 0 Å². The molecule has 0 radical (unpaired) electrons. The number of hydrogen-bond acceptors (Lipinski definition) is 3. The van der Waals surface area contributed by atoms with Crippen LogP contribution in [0.2, 0.25) is 0 Å². The number of amides is 2. The smallest absolute Gasteiger partial charge is 0.314 e. The molecule has 0 saturated carbocycles. The Morgan fingerprint density at radius 1 is 1.50 bits per heavy atom. The Hall–Kier alpha value is -2.17. The molecule has 0 unspecified atom stereocenters. The van der Waals surface area contributed by atoms with Crippen molar-refractivity contribution in [1.29, 1.82) is 0 Å². The molecule has 1 aromatic rings. The maximum Gasteiger partial charge on any atom is 0.314 e. The Bertz CT molecular complexity index is 415. The van der Waals surface area contributed by atoms with Crippen molar-refractivity contribution in [3.05, 3.63) is 36.5 Å². The molecule has 84 valence electrons. The lowest BCUT2D eigenvalue weighted by Gasteiger charge is -2.04. The largest absolute Gasteiger partial charge is 0.344 e. The van der Waals surface area contributed by atoms with Crippen molar-refractivity contribution in [1.82, 2.24) is 10.3 Å². The van der Waals surface area contributed by atoms with Crippen molar-refractivity contribution in [2.45, 2.75) is 6.92 Å². The number of nitrogens with zero attached hydrogens (tertiary/aromatic N) is 1. The molecule has 0 fully saturated rings. The van der Waals surface area contributed by atoms with Crippen molar-refractivity contribution in [2.75, 3.05) is 11.9 Å². The van der Waals surface area contributed by atoms with Crippen LogP contribution in [0.15, 0.2) is 31.0 Å². The van der Waals surface area contributed by atoms with E-state index in [4.69, 9.17) is 0 Å². The Balaban J connectivity index is 2.57. The van der Waals surface area contributed by atoms with E-state index in [1.165, 1.54) is 6.08 Å². The van der Waals surface area contributed by atoms with Crippen molar-refractivity contribution in [3.63, 3.8) is 0 Å². The van der Waals surface area contributed by atoms with Crippen LogP contribution in [0.1, 0.15) is 5.56 Å². The first-order valence-electron chi connectivity index (χ1n) is 4.76. The third kappa shape index (κ3) is 3.53. The van der Waals surface area contributed by atoms with Gasteiger partial charge < -0.3 is 10.6 Å². The minimum absolute atomic E-state index is 0.257. The maximum absolute atomic E-state index is 11.3. The summed E-state index contributed by atoms with van der Waals surface area (Å²) in [6.07, 6.45) is 3.06. The van der Waals surface area contributed by atoms with Crippen molar-refractivity contribution in [2.24, 2.45) is 0 Å². The minimum atomic E-state index is -0.736. The maximum atomic E-state index is 11.3. The molecule has 0 spiro atoms. The zero-order valence-corrected chi connectivity index (χ0v) is 8.99. The van der Waals surface area contributed by atoms with Crippen LogP contribution in [0.25, 0.3) is 0 Å². The molecule has 16 heavy (non-hydrogen) atoms. The normalized spacial score (nSPS) is 9.31. The van der Waals surface area contributed by atoms with Gasteiger partial charge in [-0.1, -0.05) is 6.08 Å². The summed E-state index contributed by atoms with van der Waals surface area (Å²) >= 11 is 0. The highest BCUT2D eigenvalue weighted by Gasteiger charge is 2.12. The van der Waals surface area contributed by atoms with E-state index in [0.29, 0.717) is 5.82 Å². The second kappa shape index (κ2) is 5.65. The molecular weight excluding hydrogens is 206 g/mol. The number of anilines is 1. The van der Waals surface area contributed by atoms with E-state index in [2.05, 4.69) is 22.2 Å². The fourth-order valence-electron chi connectivity index (χ4n) is 1.02. The van der Waals surface area contributed by atoms with Gasteiger partial charge >= 0.3 is 11.8 Å². The summed E-state index contributed by atoms with van der Waals surface area (Å²) in [5.74, 6) is -1.08. The molecule has 1 aromatic heterocycles. The van der Waals surface area contributed by atoms with Gasteiger partial charge in [0.05, 0.1) is 0 Å². The number of aromatic nitrogens is 1. The van der Waals surface area contributed by atoms with Crippen LogP contribution >= 0.6 is 0 Å². The Kier molecular flexibility index (Phi) is 4.20. The number of hydrogen-bond donors (Lipinski definition) is 2. The van der Waals surface area contributed by atoms with Gasteiger partial charge in [0.1, 0.15) is 5.82 Å². The van der Waals surface area contributed by atoms with Gasteiger partial charge in [-0.05, 0) is 24.6 Å². The van der Waals surface area contributed by atoms with Gasteiger partial charge in [0.25, 0.3) is 0 Å². The lowest BCUT2D eigenvalue weighted by molar-refractivity contribution is -0.136. The monoisotopic (exact) mass is 219 g/mol. The third-order valence-electron chi connectivity index (χ3n) is 1.77. The minimum Gasteiger partial charge on any atom is -0.344 e. The van der Waals surface area contributed by atoms with Gasteiger partial charge in [0.2, 0.25) is 0 Å². The van der Waals surface area contributed by atoms with Crippen molar-refractivity contribution >= 4 is 17.6 Å². The van der Waals surface area contributed by atoms with Gasteiger partial charge in [-0.2, -0.15) is 0 Å². The van der Waals surface area contributed by atoms with Crippen LogP contribution in [0, 0.1) is 6.92 Å². The SMILES string of the molecule is C=CCNC(=O)C(=O)Nc1cc(C)ccn1. The number of rotatable bonds is 3. The summed E-state index contributed by atoms with van der Waals surface area (Å²) in [6, 6.07) is 3.48. The zero-order valence-electron chi connectivity index (χ0n) is 8.99. The predicted octanol–water partition coefficient (Wildman–Crippen LogP) is 0.631. The summed E-state index contributed by atoms with van der Waals surface area (Å²) in [4.78, 5) is 26.4. The summed E-state index contributed by atoms with van der Waals surface area (Å²) in [5, 5.41) is 4.77. The quantitative estimate of drug-likeness (QED) is 0.578. The lowest BCUT2D eigenvalue weighted by Crippen LogP contribution is -2.35. The summed E-state index contributed by atoms with van der Waals surface area (Å²) in [7, 11) is 0. The highest BCUT2D eigenvalue weighted by molar-refractivity contribution is 6.39. The average molecular weight is 219 g/mol. The molecule has 0 saturated heterocycles.